The summed E-state index contributed by atoms with van der Waals surface area (Å²) in [6.07, 6.45) is 0. The van der Waals surface area contributed by atoms with Gasteiger partial charge in [-0.2, -0.15) is 0 Å². The number of hydrogen-bond donors (Lipinski definition) is 2. The summed E-state index contributed by atoms with van der Waals surface area (Å²) in [6.45, 7) is 0. The van der Waals surface area contributed by atoms with Crippen LogP contribution in [-0.2, 0) is 0 Å². The van der Waals surface area contributed by atoms with Gasteiger partial charge in [-0.1, -0.05) is 54.6 Å². The number of rotatable bonds is 0. The van der Waals surface area contributed by atoms with E-state index in [1.165, 1.54) is 6.07 Å². The van der Waals surface area contributed by atoms with Gasteiger partial charge in [-0.25, -0.2) is 0 Å². The van der Waals surface area contributed by atoms with Crippen LogP contribution in [0.25, 0.3) is 32.7 Å². The predicted octanol–water partition coefficient (Wildman–Crippen LogP) is 4.62. The number of aromatic hydroxyl groups is 2. The molecule has 0 fully saturated rings. The van der Waals surface area contributed by atoms with Gasteiger partial charge in [0.2, 0.25) is 0 Å². The molecule has 2 N–H and O–H groups in total. The third-order valence-corrected chi connectivity index (χ3v) is 4.81. The van der Waals surface area contributed by atoms with Gasteiger partial charge in [-0.05, 0) is 22.6 Å². The molecule has 3 nitrogen and oxygen atoms in total. The average molecular weight is 312 g/mol. The minimum absolute atomic E-state index is 0.0164. The van der Waals surface area contributed by atoms with E-state index in [0.717, 1.165) is 10.9 Å². The average Bonchev–Trinajstić information content (AvgIpc) is 2.61. The molecular weight excluding hydrogens is 300 g/mol. The fourth-order valence-corrected chi connectivity index (χ4v) is 3.79. The Balaban J connectivity index is 2.13. The largest absolute Gasteiger partial charge is 0.507 e. The number of phenols is 2. The molecule has 4 aromatic carbocycles. The number of benzene rings is 4. The van der Waals surface area contributed by atoms with Gasteiger partial charge in [0.15, 0.2) is 5.78 Å². The standard InChI is InChI=1S/C21H12O3/c22-16-10-4-8-12-11-7-3-9-15-17(11)19(21(24)18(12)16)13-5-1-2-6-14(13)20(15)23/h1-10,22-23H. The summed E-state index contributed by atoms with van der Waals surface area (Å²) < 4.78 is 0. The Morgan fingerprint density at radius 1 is 0.625 bits per heavy atom. The van der Waals surface area contributed by atoms with Gasteiger partial charge in [0.1, 0.15) is 11.5 Å². The lowest BCUT2D eigenvalue weighted by molar-refractivity contribution is 0.103. The van der Waals surface area contributed by atoms with Crippen LogP contribution in [-0.4, -0.2) is 16.0 Å². The van der Waals surface area contributed by atoms with Crippen LogP contribution in [0.5, 0.6) is 11.5 Å². The predicted molar refractivity (Wildman–Crippen MR) is 93.7 cm³/mol. The molecule has 0 atom stereocenters. The van der Waals surface area contributed by atoms with Crippen LogP contribution in [0, 0.1) is 0 Å². The smallest absolute Gasteiger partial charge is 0.198 e. The maximum atomic E-state index is 13.2. The summed E-state index contributed by atoms with van der Waals surface area (Å²) in [5.41, 5.74) is 2.43. The molecule has 0 radical (unpaired) electrons. The summed E-state index contributed by atoms with van der Waals surface area (Å²) in [7, 11) is 0. The van der Waals surface area contributed by atoms with Crippen LogP contribution in [0.2, 0.25) is 0 Å². The quantitative estimate of drug-likeness (QED) is 0.410. The molecule has 0 aromatic heterocycles. The fourth-order valence-electron chi connectivity index (χ4n) is 3.79. The number of carbonyl (C=O) groups excluding carboxylic acids is 1. The molecule has 0 bridgehead atoms. The summed E-state index contributed by atoms with van der Waals surface area (Å²) >= 11 is 0. The normalized spacial score (nSPS) is 12.6. The number of ketones is 1. The van der Waals surface area contributed by atoms with Gasteiger partial charge < -0.3 is 10.2 Å². The van der Waals surface area contributed by atoms with E-state index in [1.807, 2.05) is 42.5 Å². The Bertz CT molecular complexity index is 1190. The third-order valence-electron chi connectivity index (χ3n) is 4.81. The second kappa shape index (κ2) is 4.36. The molecular formula is C21H12O3. The lowest BCUT2D eigenvalue weighted by atomic mass is 9.80. The molecule has 0 saturated heterocycles. The Hall–Kier alpha value is -3.33. The van der Waals surface area contributed by atoms with Crippen molar-refractivity contribution in [2.24, 2.45) is 0 Å². The van der Waals surface area contributed by atoms with E-state index in [4.69, 9.17) is 0 Å². The van der Waals surface area contributed by atoms with Crippen molar-refractivity contribution >= 4 is 27.3 Å². The zero-order valence-corrected chi connectivity index (χ0v) is 12.6. The second-order valence-corrected chi connectivity index (χ2v) is 6.03. The second-order valence-electron chi connectivity index (χ2n) is 6.03. The molecule has 4 aromatic rings. The van der Waals surface area contributed by atoms with Crippen molar-refractivity contribution in [3.8, 4) is 22.6 Å². The number of carbonyl (C=O) groups is 1. The van der Waals surface area contributed by atoms with E-state index in [0.29, 0.717) is 32.8 Å². The molecule has 24 heavy (non-hydrogen) atoms. The lowest BCUT2D eigenvalue weighted by Crippen LogP contribution is -2.11. The molecule has 0 amide bonds. The molecule has 0 spiro atoms. The summed E-state index contributed by atoms with van der Waals surface area (Å²) in [6, 6.07) is 18.0. The Morgan fingerprint density at radius 3 is 2.12 bits per heavy atom. The lowest BCUT2D eigenvalue weighted by Gasteiger charge is -2.22. The van der Waals surface area contributed by atoms with Gasteiger partial charge in [0, 0.05) is 21.7 Å². The van der Waals surface area contributed by atoms with Crippen LogP contribution >= 0.6 is 0 Å². The van der Waals surface area contributed by atoms with Crippen molar-refractivity contribution in [1.29, 1.82) is 0 Å². The third kappa shape index (κ3) is 1.44. The minimum atomic E-state index is -0.206. The molecule has 0 saturated carbocycles. The summed E-state index contributed by atoms with van der Waals surface area (Å²) in [4.78, 5) is 13.2. The zero-order valence-electron chi connectivity index (χ0n) is 12.6. The molecule has 1 aliphatic carbocycles. The van der Waals surface area contributed by atoms with E-state index in [1.54, 1.807) is 12.1 Å². The van der Waals surface area contributed by atoms with Gasteiger partial charge in [0.05, 0.1) is 5.56 Å². The van der Waals surface area contributed by atoms with Gasteiger partial charge in [0.25, 0.3) is 0 Å². The molecule has 5 rings (SSSR count). The first kappa shape index (κ1) is 13.1. The van der Waals surface area contributed by atoms with E-state index < -0.39 is 0 Å². The topological polar surface area (TPSA) is 57.5 Å². The van der Waals surface area contributed by atoms with Crippen LogP contribution < -0.4 is 0 Å². The maximum absolute atomic E-state index is 13.2. The molecule has 1 aliphatic rings. The Morgan fingerprint density at radius 2 is 1.29 bits per heavy atom. The summed E-state index contributed by atoms with van der Waals surface area (Å²) in [5, 5.41) is 23.7. The van der Waals surface area contributed by atoms with Crippen LogP contribution in [0.15, 0.2) is 60.7 Å². The van der Waals surface area contributed by atoms with Gasteiger partial charge >= 0.3 is 0 Å². The van der Waals surface area contributed by atoms with Crippen molar-refractivity contribution in [2.45, 2.75) is 0 Å². The van der Waals surface area contributed by atoms with Crippen LogP contribution in [0.1, 0.15) is 15.9 Å². The first-order valence-corrected chi connectivity index (χ1v) is 7.72. The molecule has 0 unspecified atom stereocenters. The fraction of sp³-hybridized carbons (Fsp3) is 0. The van der Waals surface area contributed by atoms with Crippen molar-refractivity contribution in [2.75, 3.05) is 0 Å². The molecule has 0 heterocycles. The van der Waals surface area contributed by atoms with Gasteiger partial charge in [-0.3, -0.25) is 4.79 Å². The van der Waals surface area contributed by atoms with Crippen molar-refractivity contribution < 1.29 is 15.0 Å². The first-order chi connectivity index (χ1) is 11.7. The highest BCUT2D eigenvalue weighted by Crippen LogP contribution is 2.47. The highest BCUT2D eigenvalue weighted by molar-refractivity contribution is 6.33. The Labute approximate surface area is 137 Å². The molecule has 0 aliphatic heterocycles. The minimum Gasteiger partial charge on any atom is -0.507 e. The summed E-state index contributed by atoms with van der Waals surface area (Å²) in [5.74, 6) is -0.0390. The van der Waals surface area contributed by atoms with E-state index in [9.17, 15) is 15.0 Å². The molecule has 114 valence electrons. The maximum Gasteiger partial charge on any atom is 0.198 e. The Kier molecular flexibility index (Phi) is 2.39. The number of hydrogen-bond acceptors (Lipinski definition) is 3. The SMILES string of the molecule is O=C1c2c(O)cccc2-c2cccc3c(O)c4ccccc4c1c23. The number of phenolic OH excluding ortho intramolecular Hbond substituents is 2. The van der Waals surface area contributed by atoms with Crippen LogP contribution in [0.3, 0.4) is 0 Å². The van der Waals surface area contributed by atoms with Crippen molar-refractivity contribution in [3.05, 3.63) is 71.8 Å². The van der Waals surface area contributed by atoms with E-state index >= 15 is 0 Å². The van der Waals surface area contributed by atoms with Gasteiger partial charge in [-0.15, -0.1) is 0 Å². The van der Waals surface area contributed by atoms with E-state index in [-0.39, 0.29) is 17.3 Å². The molecule has 3 heteroatoms. The highest BCUT2D eigenvalue weighted by atomic mass is 16.3. The number of fused-ring (bicyclic) bond motifs is 4. The van der Waals surface area contributed by atoms with Crippen LogP contribution in [0.4, 0.5) is 0 Å². The van der Waals surface area contributed by atoms with Crippen molar-refractivity contribution in [1.82, 2.24) is 0 Å². The zero-order chi connectivity index (χ0) is 16.4. The first-order valence-electron chi connectivity index (χ1n) is 7.72. The monoisotopic (exact) mass is 312 g/mol. The van der Waals surface area contributed by atoms with Crippen molar-refractivity contribution in [3.63, 3.8) is 0 Å². The van der Waals surface area contributed by atoms with E-state index in [2.05, 4.69) is 0 Å². The highest BCUT2D eigenvalue weighted by Gasteiger charge is 2.30.